The summed E-state index contributed by atoms with van der Waals surface area (Å²) < 4.78 is 19.8. The van der Waals surface area contributed by atoms with Crippen LogP contribution in [0, 0.1) is 15.9 Å². The van der Waals surface area contributed by atoms with Gasteiger partial charge < -0.3 is 4.42 Å². The van der Waals surface area contributed by atoms with Crippen molar-refractivity contribution in [1.82, 2.24) is 5.32 Å². The Bertz CT molecular complexity index is 1280. The lowest BCUT2D eigenvalue weighted by molar-refractivity contribution is -0.384. The molecule has 0 aliphatic carbocycles. The third-order valence-corrected chi connectivity index (χ3v) is 4.76. The van der Waals surface area contributed by atoms with Gasteiger partial charge in [-0.2, -0.15) is 0 Å². The topological polar surface area (TPSA) is 106 Å². The Labute approximate surface area is 179 Å². The zero-order valence-corrected chi connectivity index (χ0v) is 16.4. The summed E-state index contributed by atoms with van der Waals surface area (Å²) >= 11 is 5.04. The van der Waals surface area contributed by atoms with E-state index in [1.54, 1.807) is 6.07 Å². The van der Waals surface area contributed by atoms with Crippen LogP contribution in [0.5, 0.6) is 0 Å². The molecule has 0 radical (unpaired) electrons. The molecule has 1 fully saturated rings. The molecule has 0 unspecified atom stereocenters. The van der Waals surface area contributed by atoms with Crippen LogP contribution in [0.15, 0.2) is 70.7 Å². The lowest BCUT2D eigenvalue weighted by atomic mass is 10.1. The molecule has 1 N–H and O–H groups in total. The molecule has 1 aromatic heterocycles. The standard InChI is InChI=1S/C21H12FN3O5S/c22-15-6-2-4-8-17(15)24-20(27)14(19(26)23-21(24)31)11-12-9-10-18(30-12)13-5-1-3-7-16(13)25(28)29/h1-11H,(H,23,26,31)/b14-11-. The number of carbonyl (C=O) groups is 2. The van der Waals surface area contributed by atoms with Crippen LogP contribution in [0.4, 0.5) is 15.8 Å². The fourth-order valence-corrected chi connectivity index (χ4v) is 3.34. The number of nitrogens with zero attached hydrogens (tertiary/aromatic N) is 2. The van der Waals surface area contributed by atoms with E-state index < -0.39 is 22.6 Å². The predicted octanol–water partition coefficient (Wildman–Crippen LogP) is 3.83. The largest absolute Gasteiger partial charge is 0.456 e. The van der Waals surface area contributed by atoms with Crippen LogP contribution in [0.3, 0.4) is 0 Å². The van der Waals surface area contributed by atoms with Gasteiger partial charge in [0.2, 0.25) is 0 Å². The summed E-state index contributed by atoms with van der Waals surface area (Å²) in [7, 11) is 0. The van der Waals surface area contributed by atoms with Gasteiger partial charge in [-0.25, -0.2) is 9.29 Å². The number of nitro groups is 1. The molecule has 8 nitrogen and oxygen atoms in total. The number of hydrogen-bond acceptors (Lipinski definition) is 6. The van der Waals surface area contributed by atoms with E-state index in [-0.39, 0.29) is 39.1 Å². The van der Waals surface area contributed by atoms with Gasteiger partial charge in [-0.15, -0.1) is 0 Å². The van der Waals surface area contributed by atoms with Gasteiger partial charge >= 0.3 is 0 Å². The molecule has 1 saturated heterocycles. The van der Waals surface area contributed by atoms with E-state index in [4.69, 9.17) is 16.6 Å². The number of anilines is 1. The van der Waals surface area contributed by atoms with Crippen molar-refractivity contribution in [2.24, 2.45) is 0 Å². The molecule has 4 rings (SSSR count). The summed E-state index contributed by atoms with van der Waals surface area (Å²) in [6.45, 7) is 0. The van der Waals surface area contributed by atoms with Crippen LogP contribution in [0.25, 0.3) is 17.4 Å². The van der Waals surface area contributed by atoms with Gasteiger partial charge in [0.15, 0.2) is 5.11 Å². The zero-order chi connectivity index (χ0) is 22.1. The second-order valence-corrected chi connectivity index (χ2v) is 6.77. The van der Waals surface area contributed by atoms with Crippen LogP contribution in [0.1, 0.15) is 5.76 Å². The quantitative estimate of drug-likeness (QED) is 0.219. The second-order valence-electron chi connectivity index (χ2n) is 6.39. The average Bonchev–Trinajstić information content (AvgIpc) is 3.21. The SMILES string of the molecule is O=C1NC(=S)N(c2ccccc2F)C(=O)/C1=C\c1ccc(-c2ccccc2[N+](=O)[O-])o1. The molecule has 0 saturated carbocycles. The lowest BCUT2D eigenvalue weighted by Gasteiger charge is -2.28. The normalized spacial score (nSPS) is 15.3. The van der Waals surface area contributed by atoms with Crippen molar-refractivity contribution in [3.05, 3.63) is 87.9 Å². The number of benzene rings is 2. The molecule has 1 aliphatic heterocycles. The van der Waals surface area contributed by atoms with Crippen molar-refractivity contribution in [2.45, 2.75) is 0 Å². The molecule has 10 heteroatoms. The Hall–Kier alpha value is -4.18. The van der Waals surface area contributed by atoms with E-state index >= 15 is 0 Å². The van der Waals surface area contributed by atoms with Crippen LogP contribution in [0.2, 0.25) is 0 Å². The summed E-state index contributed by atoms with van der Waals surface area (Å²) in [5, 5.41) is 13.3. The molecule has 3 aromatic rings. The molecule has 0 spiro atoms. The number of carbonyl (C=O) groups excluding carboxylic acids is 2. The summed E-state index contributed by atoms with van der Waals surface area (Å²) in [5.74, 6) is -2.00. The third kappa shape index (κ3) is 3.71. The van der Waals surface area contributed by atoms with E-state index in [9.17, 15) is 24.1 Å². The molecule has 2 aromatic carbocycles. The highest BCUT2D eigenvalue weighted by molar-refractivity contribution is 7.80. The monoisotopic (exact) mass is 437 g/mol. The first-order valence-corrected chi connectivity index (χ1v) is 9.27. The molecule has 0 atom stereocenters. The molecule has 2 amide bonds. The Kier molecular flexibility index (Phi) is 5.14. The number of hydrogen-bond donors (Lipinski definition) is 1. The van der Waals surface area contributed by atoms with Gasteiger partial charge in [-0.3, -0.25) is 25.0 Å². The minimum atomic E-state index is -0.831. The van der Waals surface area contributed by atoms with Crippen LogP contribution >= 0.6 is 12.2 Å². The average molecular weight is 437 g/mol. The molecular formula is C21H12FN3O5S. The number of nitrogens with one attached hydrogen (secondary N) is 1. The van der Waals surface area contributed by atoms with Crippen molar-refractivity contribution < 1.29 is 23.3 Å². The van der Waals surface area contributed by atoms with Crippen LogP contribution < -0.4 is 10.2 Å². The van der Waals surface area contributed by atoms with Crippen molar-refractivity contribution in [1.29, 1.82) is 0 Å². The highest BCUT2D eigenvalue weighted by atomic mass is 32.1. The Morgan fingerprint density at radius 3 is 2.52 bits per heavy atom. The lowest BCUT2D eigenvalue weighted by Crippen LogP contribution is -2.54. The minimum absolute atomic E-state index is 0.105. The van der Waals surface area contributed by atoms with E-state index in [0.29, 0.717) is 0 Å². The molecule has 0 bridgehead atoms. The number of halogens is 1. The van der Waals surface area contributed by atoms with Gasteiger partial charge in [0.1, 0.15) is 22.9 Å². The molecule has 1 aliphatic rings. The van der Waals surface area contributed by atoms with Gasteiger partial charge in [-0.05, 0) is 48.6 Å². The van der Waals surface area contributed by atoms with Crippen molar-refractivity contribution in [2.75, 3.05) is 4.90 Å². The first-order valence-electron chi connectivity index (χ1n) is 8.86. The van der Waals surface area contributed by atoms with Crippen LogP contribution in [-0.4, -0.2) is 21.9 Å². The smallest absolute Gasteiger partial charge is 0.280 e. The maximum absolute atomic E-state index is 14.2. The van der Waals surface area contributed by atoms with Gasteiger partial charge in [0.05, 0.1) is 16.2 Å². The first-order chi connectivity index (χ1) is 14.9. The number of nitro benzene ring substituents is 1. The van der Waals surface area contributed by atoms with E-state index in [2.05, 4.69) is 5.32 Å². The number of furan rings is 1. The Balaban J connectivity index is 1.71. The summed E-state index contributed by atoms with van der Waals surface area (Å²) in [4.78, 5) is 36.9. The maximum atomic E-state index is 14.2. The predicted molar refractivity (Wildman–Crippen MR) is 113 cm³/mol. The van der Waals surface area contributed by atoms with Gasteiger partial charge in [0, 0.05) is 6.07 Å². The highest BCUT2D eigenvalue weighted by Gasteiger charge is 2.36. The van der Waals surface area contributed by atoms with Gasteiger partial charge in [0.25, 0.3) is 17.5 Å². The van der Waals surface area contributed by atoms with Crippen molar-refractivity contribution in [3.8, 4) is 11.3 Å². The molecular weight excluding hydrogens is 425 g/mol. The fourth-order valence-electron chi connectivity index (χ4n) is 3.07. The van der Waals surface area contributed by atoms with E-state index in [1.807, 2.05) is 0 Å². The number of amides is 2. The summed E-state index contributed by atoms with van der Waals surface area (Å²) in [6.07, 6.45) is 1.17. The van der Waals surface area contributed by atoms with Crippen LogP contribution in [-0.2, 0) is 9.59 Å². The number of thiocarbonyl (C=S) groups is 1. The molecule has 31 heavy (non-hydrogen) atoms. The Morgan fingerprint density at radius 2 is 1.77 bits per heavy atom. The summed E-state index contributed by atoms with van der Waals surface area (Å²) in [5.41, 5.74) is -0.354. The minimum Gasteiger partial charge on any atom is -0.456 e. The number of rotatable bonds is 4. The van der Waals surface area contributed by atoms with Gasteiger partial charge in [-0.1, -0.05) is 24.3 Å². The Morgan fingerprint density at radius 1 is 1.06 bits per heavy atom. The van der Waals surface area contributed by atoms with E-state index in [1.165, 1.54) is 54.6 Å². The molecule has 2 heterocycles. The maximum Gasteiger partial charge on any atom is 0.280 e. The van der Waals surface area contributed by atoms with Crippen molar-refractivity contribution in [3.63, 3.8) is 0 Å². The van der Waals surface area contributed by atoms with Crippen molar-refractivity contribution >= 4 is 46.6 Å². The first kappa shape index (κ1) is 20.1. The second kappa shape index (κ2) is 7.92. The number of para-hydroxylation sites is 2. The molecule has 154 valence electrons. The highest BCUT2D eigenvalue weighted by Crippen LogP contribution is 2.32. The fraction of sp³-hybridized carbons (Fsp3) is 0. The summed E-state index contributed by atoms with van der Waals surface area (Å²) in [6, 6.07) is 14.4. The van der Waals surface area contributed by atoms with E-state index in [0.717, 1.165) is 11.0 Å². The third-order valence-electron chi connectivity index (χ3n) is 4.47. The zero-order valence-electron chi connectivity index (χ0n) is 15.6.